The first kappa shape index (κ1) is 35.7. The third-order valence-electron chi connectivity index (χ3n) is 8.63. The van der Waals surface area contributed by atoms with Crippen molar-refractivity contribution >= 4 is 57.1 Å². The average Bonchev–Trinajstić information content (AvgIpc) is 3.89. The van der Waals surface area contributed by atoms with E-state index in [9.17, 15) is 4.79 Å². The van der Waals surface area contributed by atoms with E-state index in [0.717, 1.165) is 50.8 Å². The minimum Gasteiger partial charge on any atom is -0.326 e. The molecular weight excluding hydrogens is 625 g/mol. The van der Waals surface area contributed by atoms with Crippen molar-refractivity contribution in [3.63, 3.8) is 0 Å². The van der Waals surface area contributed by atoms with E-state index in [1.807, 2.05) is 18.5 Å². The summed E-state index contributed by atoms with van der Waals surface area (Å²) < 4.78 is 0. The van der Waals surface area contributed by atoms with Crippen molar-refractivity contribution in [1.82, 2.24) is 15.0 Å². The van der Waals surface area contributed by atoms with Crippen LogP contribution in [0, 0.1) is 0 Å². The fraction of sp³-hybridized carbons (Fsp3) is 0.366. The van der Waals surface area contributed by atoms with Gasteiger partial charge in [0.1, 0.15) is 16.7 Å². The van der Waals surface area contributed by atoms with Gasteiger partial charge in [0.15, 0.2) is 0 Å². The number of aliphatic imine (C=N–C) groups is 2. The van der Waals surface area contributed by atoms with Crippen molar-refractivity contribution in [3.05, 3.63) is 106 Å². The number of amides is 1. The number of hydrogen-bond acceptors (Lipinski definition) is 7. The minimum absolute atomic E-state index is 0.107. The number of nitrogens with zero attached hydrogens (tertiary/aromatic N) is 5. The van der Waals surface area contributed by atoms with E-state index in [0.29, 0.717) is 30.1 Å². The molecule has 0 bridgehead atoms. The summed E-state index contributed by atoms with van der Waals surface area (Å²) >= 11 is 1.64. The van der Waals surface area contributed by atoms with Crippen LogP contribution in [0.15, 0.2) is 77.1 Å². The molecule has 3 aliphatic heterocycles. The second-order valence-corrected chi connectivity index (χ2v) is 14.8. The van der Waals surface area contributed by atoms with Crippen LogP contribution in [-0.2, 0) is 24.1 Å². The van der Waals surface area contributed by atoms with Gasteiger partial charge < -0.3 is 5.32 Å². The Kier molecular flexibility index (Phi) is 11.8. The van der Waals surface area contributed by atoms with Gasteiger partial charge in [-0.3, -0.25) is 14.8 Å². The van der Waals surface area contributed by atoms with E-state index in [1.165, 1.54) is 27.8 Å². The maximum absolute atomic E-state index is 11.1. The maximum atomic E-state index is 11.1. The minimum atomic E-state index is 0.107. The highest BCUT2D eigenvalue weighted by Crippen LogP contribution is 2.29. The molecule has 0 saturated carbocycles. The number of carbonyl (C=O) groups is 1. The van der Waals surface area contributed by atoms with E-state index >= 15 is 0 Å². The van der Waals surface area contributed by atoms with Gasteiger partial charge in [0.2, 0.25) is 5.91 Å². The van der Waals surface area contributed by atoms with Crippen LogP contribution >= 0.6 is 11.3 Å². The summed E-state index contributed by atoms with van der Waals surface area (Å²) in [5, 5.41) is 3.95. The van der Waals surface area contributed by atoms with Gasteiger partial charge in [0.05, 0.1) is 29.0 Å². The summed E-state index contributed by atoms with van der Waals surface area (Å²) in [4.78, 5) is 33.1. The molecule has 49 heavy (non-hydrogen) atoms. The first-order chi connectivity index (χ1) is 23.5. The van der Waals surface area contributed by atoms with Gasteiger partial charge in [0, 0.05) is 36.9 Å². The smallest absolute Gasteiger partial charge is 0.228 e. The van der Waals surface area contributed by atoms with Gasteiger partial charge in [-0.05, 0) is 69.3 Å². The summed E-state index contributed by atoms with van der Waals surface area (Å²) in [5.74, 6) is 2.35. The first-order valence-electron chi connectivity index (χ1n) is 17.3. The molecule has 5 aromatic rings. The molecule has 0 spiro atoms. The Labute approximate surface area is 295 Å². The highest BCUT2D eigenvalue weighted by atomic mass is 32.1. The van der Waals surface area contributed by atoms with Crippen molar-refractivity contribution < 1.29 is 4.79 Å². The molecule has 254 valence electrons. The lowest BCUT2D eigenvalue weighted by atomic mass is 10.00. The summed E-state index contributed by atoms with van der Waals surface area (Å²) in [6.07, 6.45) is 9.83. The van der Waals surface area contributed by atoms with Crippen LogP contribution in [0.5, 0.6) is 0 Å². The zero-order chi connectivity index (χ0) is 35.1. The van der Waals surface area contributed by atoms with E-state index in [2.05, 4.69) is 134 Å². The highest BCUT2D eigenvalue weighted by Gasteiger charge is 2.17. The van der Waals surface area contributed by atoms with E-state index < -0.39 is 0 Å². The SMILES string of the molecule is CC(C)c1ccc2c(c1)CC(=O)N2.CC(C)c1ccc2c(c1)CC=N2.CC(C)c1ccc2c(c1)CC=N2.CC(C)c1nc2cncnc2s1. The largest absolute Gasteiger partial charge is 0.326 e. The molecule has 2 aromatic heterocycles. The fourth-order valence-electron chi connectivity index (χ4n) is 5.55. The summed E-state index contributed by atoms with van der Waals surface area (Å²) in [6, 6.07) is 19.3. The van der Waals surface area contributed by atoms with Crippen LogP contribution in [0.1, 0.15) is 117 Å². The monoisotopic (exact) mass is 672 g/mol. The second kappa shape index (κ2) is 16.2. The van der Waals surface area contributed by atoms with E-state index in [-0.39, 0.29) is 5.91 Å². The predicted octanol–water partition coefficient (Wildman–Crippen LogP) is 10.7. The quantitative estimate of drug-likeness (QED) is 0.206. The van der Waals surface area contributed by atoms with Crippen LogP contribution in [0.4, 0.5) is 17.1 Å². The number of anilines is 1. The van der Waals surface area contributed by atoms with Gasteiger partial charge in [-0.25, -0.2) is 15.0 Å². The molecule has 3 aromatic carbocycles. The molecule has 8 rings (SSSR count). The molecular formula is C41H48N6OS. The molecule has 1 amide bonds. The lowest BCUT2D eigenvalue weighted by Gasteiger charge is -2.06. The Morgan fingerprint density at radius 2 is 1.20 bits per heavy atom. The molecule has 0 radical (unpaired) electrons. The molecule has 0 aliphatic carbocycles. The number of thiazole rings is 1. The number of hydrogen-bond donors (Lipinski definition) is 1. The molecule has 0 unspecified atom stereocenters. The van der Waals surface area contributed by atoms with Crippen molar-refractivity contribution in [2.24, 2.45) is 9.98 Å². The number of fused-ring (bicyclic) bond motifs is 4. The summed E-state index contributed by atoms with van der Waals surface area (Å²) in [7, 11) is 0. The van der Waals surface area contributed by atoms with Crippen LogP contribution in [0.25, 0.3) is 10.3 Å². The van der Waals surface area contributed by atoms with Crippen molar-refractivity contribution in [3.8, 4) is 0 Å². The van der Waals surface area contributed by atoms with Gasteiger partial charge in [-0.1, -0.05) is 103 Å². The number of nitrogens with one attached hydrogen (secondary N) is 1. The topological polar surface area (TPSA) is 92.5 Å². The molecule has 1 N–H and O–H groups in total. The zero-order valence-corrected chi connectivity index (χ0v) is 30.8. The molecule has 5 heterocycles. The van der Waals surface area contributed by atoms with Crippen LogP contribution < -0.4 is 5.32 Å². The van der Waals surface area contributed by atoms with E-state index in [1.54, 1.807) is 23.9 Å². The van der Waals surface area contributed by atoms with Crippen LogP contribution in [-0.4, -0.2) is 33.3 Å². The van der Waals surface area contributed by atoms with Gasteiger partial charge >= 0.3 is 0 Å². The Hall–Kier alpha value is -4.56. The van der Waals surface area contributed by atoms with Crippen LogP contribution in [0.2, 0.25) is 0 Å². The third kappa shape index (κ3) is 9.33. The standard InChI is InChI=1S/C11H13NO.2C11H13N.C8H9N3S/c1-7(2)8-3-4-10-9(5-8)6-11(13)12-10;2*1-8(2)9-3-4-11-10(7-9)5-6-12-11;1-5(2)7-11-6-3-9-4-10-8(6)12-7/h3-5,7H,6H2,1-2H3,(H,12,13);2*3-4,6-8H,5H2,1-2H3;3-5H,1-2H3. The lowest BCUT2D eigenvalue weighted by molar-refractivity contribution is -0.115. The van der Waals surface area contributed by atoms with Gasteiger partial charge in [0.25, 0.3) is 0 Å². The Morgan fingerprint density at radius 1 is 0.673 bits per heavy atom. The summed E-state index contributed by atoms with van der Waals surface area (Å²) in [6.45, 7) is 17.5. The van der Waals surface area contributed by atoms with Gasteiger partial charge in [-0.2, -0.15) is 0 Å². The molecule has 0 atom stereocenters. The summed E-state index contributed by atoms with van der Waals surface area (Å²) in [5.41, 5.74) is 12.2. The number of carbonyl (C=O) groups excluding carboxylic acids is 1. The number of aromatic nitrogens is 3. The third-order valence-corrected chi connectivity index (χ3v) is 9.91. The lowest BCUT2D eigenvalue weighted by Crippen LogP contribution is -2.03. The number of rotatable bonds is 4. The Morgan fingerprint density at radius 3 is 1.71 bits per heavy atom. The fourth-order valence-corrected chi connectivity index (χ4v) is 6.44. The molecule has 3 aliphatic rings. The van der Waals surface area contributed by atoms with Crippen molar-refractivity contribution in [1.29, 1.82) is 0 Å². The van der Waals surface area contributed by atoms with Crippen molar-refractivity contribution in [2.75, 3.05) is 5.32 Å². The van der Waals surface area contributed by atoms with Gasteiger partial charge in [-0.15, -0.1) is 0 Å². The zero-order valence-electron chi connectivity index (χ0n) is 30.0. The van der Waals surface area contributed by atoms with E-state index in [4.69, 9.17) is 0 Å². The highest BCUT2D eigenvalue weighted by molar-refractivity contribution is 7.18. The Bertz CT molecular complexity index is 1870. The number of benzene rings is 3. The van der Waals surface area contributed by atoms with Crippen LogP contribution in [0.3, 0.4) is 0 Å². The first-order valence-corrected chi connectivity index (χ1v) is 18.1. The molecule has 8 heteroatoms. The normalized spacial score (nSPS) is 13.4. The molecule has 7 nitrogen and oxygen atoms in total. The predicted molar refractivity (Wildman–Crippen MR) is 207 cm³/mol. The average molecular weight is 673 g/mol. The van der Waals surface area contributed by atoms with Crippen molar-refractivity contribution in [2.45, 2.75) is 98.3 Å². The molecule has 0 saturated heterocycles. The second-order valence-electron chi connectivity index (χ2n) is 13.8. The maximum Gasteiger partial charge on any atom is 0.228 e. The molecule has 0 fully saturated rings. The Balaban J connectivity index is 0.000000127.